The third-order valence-corrected chi connectivity index (χ3v) is 3.42. The summed E-state index contributed by atoms with van der Waals surface area (Å²) in [6.45, 7) is 0. The van der Waals surface area contributed by atoms with Crippen LogP contribution in [0.15, 0.2) is 71.6 Å². The highest BCUT2D eigenvalue weighted by atomic mass is 32.1. The monoisotopic (exact) mass is 279 g/mol. The molecule has 0 bridgehead atoms. The van der Waals surface area contributed by atoms with E-state index in [0.29, 0.717) is 5.56 Å². The van der Waals surface area contributed by atoms with E-state index in [1.54, 1.807) is 12.1 Å². The molecule has 2 nitrogen and oxygen atoms in total. The quantitative estimate of drug-likeness (QED) is 0.670. The number of nitrogens with one attached hydrogen (secondary N) is 1. The fraction of sp³-hybridized carbons (Fsp3) is 0. The van der Waals surface area contributed by atoms with Gasteiger partial charge in [-0.15, -0.1) is 12.6 Å². The van der Waals surface area contributed by atoms with Crippen LogP contribution in [0, 0.1) is 0 Å². The SMILES string of the molecule is O=C(Nc1cccc2ccccc12)c1cccc(S)c1. The zero-order valence-corrected chi connectivity index (χ0v) is 11.6. The third kappa shape index (κ3) is 2.53. The molecule has 3 aromatic carbocycles. The smallest absolute Gasteiger partial charge is 0.255 e. The summed E-state index contributed by atoms with van der Waals surface area (Å²) in [4.78, 5) is 13.0. The van der Waals surface area contributed by atoms with Gasteiger partial charge in [0.15, 0.2) is 0 Å². The van der Waals surface area contributed by atoms with Crippen molar-refractivity contribution in [1.82, 2.24) is 0 Å². The van der Waals surface area contributed by atoms with E-state index >= 15 is 0 Å². The summed E-state index contributed by atoms with van der Waals surface area (Å²) in [5, 5.41) is 5.09. The third-order valence-electron chi connectivity index (χ3n) is 3.15. The van der Waals surface area contributed by atoms with E-state index in [1.807, 2.05) is 54.6 Å². The van der Waals surface area contributed by atoms with Crippen LogP contribution < -0.4 is 5.32 Å². The van der Waals surface area contributed by atoms with Gasteiger partial charge >= 0.3 is 0 Å². The van der Waals surface area contributed by atoms with Gasteiger partial charge in [-0.1, -0.05) is 42.5 Å². The summed E-state index contributed by atoms with van der Waals surface area (Å²) >= 11 is 4.25. The summed E-state index contributed by atoms with van der Waals surface area (Å²) in [6.07, 6.45) is 0. The fourth-order valence-electron chi connectivity index (χ4n) is 2.18. The van der Waals surface area contributed by atoms with Gasteiger partial charge in [-0.2, -0.15) is 0 Å². The molecule has 1 N–H and O–H groups in total. The Morgan fingerprint density at radius 3 is 2.50 bits per heavy atom. The molecule has 0 saturated carbocycles. The van der Waals surface area contributed by atoms with Crippen molar-refractivity contribution in [2.45, 2.75) is 4.90 Å². The lowest BCUT2D eigenvalue weighted by Crippen LogP contribution is -2.12. The molecular weight excluding hydrogens is 266 g/mol. The molecule has 0 unspecified atom stereocenters. The largest absolute Gasteiger partial charge is 0.321 e. The van der Waals surface area contributed by atoms with Crippen molar-refractivity contribution in [2.24, 2.45) is 0 Å². The first-order valence-electron chi connectivity index (χ1n) is 6.32. The Morgan fingerprint density at radius 1 is 0.900 bits per heavy atom. The predicted octanol–water partition coefficient (Wildman–Crippen LogP) is 4.38. The average Bonchev–Trinajstić information content (AvgIpc) is 2.47. The number of thiol groups is 1. The molecule has 0 atom stereocenters. The maximum atomic E-state index is 12.3. The number of benzene rings is 3. The van der Waals surface area contributed by atoms with Crippen LogP contribution in [-0.2, 0) is 0 Å². The molecule has 0 aliphatic carbocycles. The molecule has 0 radical (unpaired) electrons. The summed E-state index contributed by atoms with van der Waals surface area (Å²) in [7, 11) is 0. The lowest BCUT2D eigenvalue weighted by molar-refractivity contribution is 0.102. The van der Waals surface area contributed by atoms with Crippen LogP contribution >= 0.6 is 12.6 Å². The zero-order valence-electron chi connectivity index (χ0n) is 10.7. The van der Waals surface area contributed by atoms with Gasteiger partial charge in [-0.3, -0.25) is 4.79 Å². The van der Waals surface area contributed by atoms with E-state index in [1.165, 1.54) is 0 Å². The van der Waals surface area contributed by atoms with Crippen molar-refractivity contribution in [1.29, 1.82) is 0 Å². The maximum Gasteiger partial charge on any atom is 0.255 e. The number of fused-ring (bicyclic) bond motifs is 1. The van der Waals surface area contributed by atoms with Gasteiger partial charge in [0.1, 0.15) is 0 Å². The normalized spacial score (nSPS) is 10.4. The molecule has 0 saturated heterocycles. The first kappa shape index (κ1) is 12.8. The molecule has 1 amide bonds. The van der Waals surface area contributed by atoms with Crippen LogP contribution in [0.3, 0.4) is 0 Å². The van der Waals surface area contributed by atoms with Gasteiger partial charge in [0, 0.05) is 21.5 Å². The minimum absolute atomic E-state index is 0.128. The number of amides is 1. The van der Waals surface area contributed by atoms with Crippen LogP contribution in [0.4, 0.5) is 5.69 Å². The van der Waals surface area contributed by atoms with Gasteiger partial charge in [0.2, 0.25) is 0 Å². The standard InChI is InChI=1S/C17H13NOS/c19-17(13-7-3-8-14(20)11-13)18-16-10-4-6-12-5-1-2-9-15(12)16/h1-11,20H,(H,18,19). The number of carbonyl (C=O) groups is 1. The Kier molecular flexibility index (Phi) is 3.44. The van der Waals surface area contributed by atoms with Crippen molar-refractivity contribution in [2.75, 3.05) is 5.32 Å². The van der Waals surface area contributed by atoms with Crippen LogP contribution in [-0.4, -0.2) is 5.91 Å². The van der Waals surface area contributed by atoms with Crippen LogP contribution in [0.1, 0.15) is 10.4 Å². The van der Waals surface area contributed by atoms with Crippen molar-refractivity contribution < 1.29 is 4.79 Å². The average molecular weight is 279 g/mol. The molecule has 0 aliphatic rings. The summed E-state index contributed by atoms with van der Waals surface area (Å²) in [6, 6.07) is 21.0. The highest BCUT2D eigenvalue weighted by Crippen LogP contribution is 2.23. The van der Waals surface area contributed by atoms with E-state index in [4.69, 9.17) is 0 Å². The molecular formula is C17H13NOS. The molecule has 20 heavy (non-hydrogen) atoms. The van der Waals surface area contributed by atoms with Gasteiger partial charge in [-0.25, -0.2) is 0 Å². The molecule has 3 aromatic rings. The highest BCUT2D eigenvalue weighted by molar-refractivity contribution is 7.80. The van der Waals surface area contributed by atoms with E-state index in [2.05, 4.69) is 17.9 Å². The second kappa shape index (κ2) is 5.39. The maximum absolute atomic E-state index is 12.3. The lowest BCUT2D eigenvalue weighted by Gasteiger charge is -2.09. The molecule has 0 aliphatic heterocycles. The van der Waals surface area contributed by atoms with E-state index in [0.717, 1.165) is 21.4 Å². The first-order valence-corrected chi connectivity index (χ1v) is 6.77. The van der Waals surface area contributed by atoms with E-state index in [9.17, 15) is 4.79 Å². The van der Waals surface area contributed by atoms with Crippen LogP contribution in [0.5, 0.6) is 0 Å². The van der Waals surface area contributed by atoms with Crippen LogP contribution in [0.25, 0.3) is 10.8 Å². The molecule has 0 fully saturated rings. The van der Waals surface area contributed by atoms with Gasteiger partial charge in [0.25, 0.3) is 5.91 Å². The Hall–Kier alpha value is -2.26. The minimum Gasteiger partial charge on any atom is -0.321 e. The number of hydrogen-bond donors (Lipinski definition) is 2. The number of hydrogen-bond acceptors (Lipinski definition) is 2. The highest BCUT2D eigenvalue weighted by Gasteiger charge is 2.08. The number of rotatable bonds is 2. The van der Waals surface area contributed by atoms with Crippen molar-refractivity contribution in [3.05, 3.63) is 72.3 Å². The molecule has 3 rings (SSSR count). The molecule has 0 spiro atoms. The number of carbonyl (C=O) groups excluding carboxylic acids is 1. The van der Waals surface area contributed by atoms with Gasteiger partial charge < -0.3 is 5.32 Å². The van der Waals surface area contributed by atoms with Gasteiger partial charge in [0.05, 0.1) is 0 Å². The Bertz CT molecular complexity index is 777. The van der Waals surface area contributed by atoms with E-state index in [-0.39, 0.29) is 5.91 Å². The van der Waals surface area contributed by atoms with Crippen LogP contribution in [0.2, 0.25) is 0 Å². The predicted molar refractivity (Wildman–Crippen MR) is 85.6 cm³/mol. The van der Waals surface area contributed by atoms with Crippen molar-refractivity contribution in [3.8, 4) is 0 Å². The fourth-order valence-corrected chi connectivity index (χ4v) is 2.40. The molecule has 0 heterocycles. The Balaban J connectivity index is 1.95. The second-order valence-corrected chi connectivity index (χ2v) is 5.05. The first-order chi connectivity index (χ1) is 9.74. The second-order valence-electron chi connectivity index (χ2n) is 4.53. The number of anilines is 1. The van der Waals surface area contributed by atoms with Crippen molar-refractivity contribution >= 4 is 35.0 Å². The van der Waals surface area contributed by atoms with Gasteiger partial charge in [-0.05, 0) is 29.7 Å². The minimum atomic E-state index is -0.128. The van der Waals surface area contributed by atoms with Crippen molar-refractivity contribution in [3.63, 3.8) is 0 Å². The Morgan fingerprint density at radius 2 is 1.65 bits per heavy atom. The molecule has 0 aromatic heterocycles. The lowest BCUT2D eigenvalue weighted by atomic mass is 10.1. The Labute approximate surface area is 122 Å². The molecule has 98 valence electrons. The van der Waals surface area contributed by atoms with E-state index < -0.39 is 0 Å². The summed E-state index contributed by atoms with van der Waals surface area (Å²) < 4.78 is 0. The topological polar surface area (TPSA) is 29.1 Å². The zero-order chi connectivity index (χ0) is 13.9. The molecule has 3 heteroatoms. The summed E-state index contributed by atoms with van der Waals surface area (Å²) in [5.41, 5.74) is 1.42. The summed E-state index contributed by atoms with van der Waals surface area (Å²) in [5.74, 6) is -0.128.